The topological polar surface area (TPSA) is 70.1 Å². The quantitative estimate of drug-likeness (QED) is 0.473. The molecule has 1 unspecified atom stereocenters. The number of nitrogens with zero attached hydrogens (tertiary/aromatic N) is 6. The number of aromatic nitrogens is 6. The minimum Gasteiger partial charge on any atom is -0.367 e. The van der Waals surface area contributed by atoms with Gasteiger partial charge in [-0.3, -0.25) is 4.98 Å². The third-order valence-corrected chi connectivity index (χ3v) is 5.81. The van der Waals surface area contributed by atoms with Crippen LogP contribution in [-0.4, -0.2) is 40.6 Å². The molecule has 1 saturated heterocycles. The van der Waals surface area contributed by atoms with Crippen LogP contribution in [0.1, 0.15) is 40.2 Å². The fraction of sp³-hybridized carbons (Fsp3) is 0.364. The molecule has 154 valence electrons. The first-order chi connectivity index (χ1) is 14.2. The summed E-state index contributed by atoms with van der Waals surface area (Å²) in [4.78, 5) is 9.33. The molecule has 5 heterocycles. The molecule has 0 amide bonds. The Morgan fingerprint density at radius 3 is 2.67 bits per heavy atom. The lowest BCUT2D eigenvalue weighted by molar-refractivity contribution is -0.0736. The molecule has 4 aromatic rings. The minimum atomic E-state index is -0.398. The van der Waals surface area contributed by atoms with E-state index in [1.807, 2.05) is 39.7 Å². The van der Waals surface area contributed by atoms with E-state index in [0.29, 0.717) is 16.5 Å². The molecule has 0 aromatic carbocycles. The number of hydrogen-bond acceptors (Lipinski definition) is 5. The van der Waals surface area contributed by atoms with E-state index in [4.69, 9.17) is 26.4 Å². The molecular weight excluding hydrogens is 400 g/mol. The molecule has 0 radical (unpaired) electrons. The SMILES string of the molecule is CC1(C)CC(n2nc(-c3ccc(Cl)cn3)nc2-c2ccn3ncccc23)C(C)(C)O1. The van der Waals surface area contributed by atoms with Gasteiger partial charge in [0, 0.05) is 30.6 Å². The Balaban J connectivity index is 1.71. The lowest BCUT2D eigenvalue weighted by atomic mass is 9.94. The third-order valence-electron chi connectivity index (χ3n) is 5.59. The molecule has 1 aliphatic heterocycles. The Labute approximate surface area is 179 Å². The van der Waals surface area contributed by atoms with Gasteiger partial charge in [-0.2, -0.15) is 5.10 Å². The van der Waals surface area contributed by atoms with E-state index < -0.39 is 5.60 Å². The number of hydrogen-bond donors (Lipinski definition) is 0. The van der Waals surface area contributed by atoms with Crippen LogP contribution in [0.5, 0.6) is 0 Å². The molecule has 0 bridgehead atoms. The number of ether oxygens (including phenoxy) is 1. The van der Waals surface area contributed by atoms with Crippen LogP contribution in [0.2, 0.25) is 5.02 Å². The van der Waals surface area contributed by atoms with Crippen molar-refractivity contribution in [1.82, 2.24) is 29.4 Å². The highest BCUT2D eigenvalue weighted by atomic mass is 35.5. The van der Waals surface area contributed by atoms with Gasteiger partial charge in [0.1, 0.15) is 5.69 Å². The van der Waals surface area contributed by atoms with Crippen molar-refractivity contribution in [3.63, 3.8) is 0 Å². The second-order valence-electron chi connectivity index (χ2n) is 8.83. The van der Waals surface area contributed by atoms with Crippen molar-refractivity contribution in [1.29, 1.82) is 0 Å². The zero-order chi connectivity index (χ0) is 21.1. The normalized spacial score (nSPS) is 20.1. The van der Waals surface area contributed by atoms with Crippen LogP contribution in [0.15, 0.2) is 48.9 Å². The van der Waals surface area contributed by atoms with Gasteiger partial charge in [-0.05, 0) is 58.0 Å². The second-order valence-corrected chi connectivity index (χ2v) is 9.27. The van der Waals surface area contributed by atoms with Crippen LogP contribution in [0.3, 0.4) is 0 Å². The largest absolute Gasteiger partial charge is 0.367 e. The van der Waals surface area contributed by atoms with Gasteiger partial charge in [0.05, 0.1) is 27.8 Å². The molecule has 0 N–H and O–H groups in total. The Morgan fingerprint density at radius 2 is 1.97 bits per heavy atom. The molecule has 1 fully saturated rings. The first-order valence-electron chi connectivity index (χ1n) is 9.95. The molecule has 1 aliphatic rings. The fourth-order valence-electron chi connectivity index (χ4n) is 4.39. The van der Waals surface area contributed by atoms with Crippen molar-refractivity contribution in [2.45, 2.75) is 51.4 Å². The Morgan fingerprint density at radius 1 is 1.13 bits per heavy atom. The van der Waals surface area contributed by atoms with E-state index in [1.54, 1.807) is 18.5 Å². The van der Waals surface area contributed by atoms with Crippen LogP contribution >= 0.6 is 11.6 Å². The molecule has 4 aromatic heterocycles. The van der Waals surface area contributed by atoms with E-state index in [1.165, 1.54) is 0 Å². The smallest absolute Gasteiger partial charge is 0.200 e. The van der Waals surface area contributed by atoms with Gasteiger partial charge in [0.2, 0.25) is 0 Å². The maximum absolute atomic E-state index is 6.35. The molecule has 0 saturated carbocycles. The van der Waals surface area contributed by atoms with Gasteiger partial charge >= 0.3 is 0 Å². The van der Waals surface area contributed by atoms with E-state index in [2.05, 4.69) is 37.8 Å². The summed E-state index contributed by atoms with van der Waals surface area (Å²) in [6.07, 6.45) is 6.14. The van der Waals surface area contributed by atoms with E-state index in [-0.39, 0.29) is 11.6 Å². The van der Waals surface area contributed by atoms with Crippen LogP contribution in [0.4, 0.5) is 0 Å². The summed E-state index contributed by atoms with van der Waals surface area (Å²) in [5.41, 5.74) is 1.97. The average molecular weight is 423 g/mol. The highest BCUT2D eigenvalue weighted by Crippen LogP contribution is 2.46. The Bertz CT molecular complexity index is 1220. The Kier molecular flexibility index (Phi) is 4.24. The van der Waals surface area contributed by atoms with E-state index in [9.17, 15) is 0 Å². The molecule has 30 heavy (non-hydrogen) atoms. The van der Waals surface area contributed by atoms with Crippen LogP contribution in [0, 0.1) is 0 Å². The predicted molar refractivity (Wildman–Crippen MR) is 115 cm³/mol. The maximum atomic E-state index is 6.35. The van der Waals surface area contributed by atoms with Crippen molar-refractivity contribution in [2.24, 2.45) is 0 Å². The lowest BCUT2D eigenvalue weighted by Crippen LogP contribution is -2.32. The van der Waals surface area contributed by atoms with Gasteiger partial charge in [-0.1, -0.05) is 11.6 Å². The lowest BCUT2D eigenvalue weighted by Gasteiger charge is -2.27. The highest BCUT2D eigenvalue weighted by molar-refractivity contribution is 6.30. The van der Waals surface area contributed by atoms with Crippen LogP contribution in [0.25, 0.3) is 28.4 Å². The molecule has 1 atom stereocenters. The number of pyridine rings is 1. The van der Waals surface area contributed by atoms with Gasteiger partial charge in [-0.25, -0.2) is 14.2 Å². The molecule has 5 rings (SSSR count). The summed E-state index contributed by atoms with van der Waals surface area (Å²) >= 11 is 6.02. The van der Waals surface area contributed by atoms with Crippen molar-refractivity contribution in [3.05, 3.63) is 53.9 Å². The molecule has 8 heteroatoms. The van der Waals surface area contributed by atoms with E-state index in [0.717, 1.165) is 23.3 Å². The molecular formula is C22H23ClN6O. The summed E-state index contributed by atoms with van der Waals surface area (Å²) in [5, 5.41) is 9.87. The number of halogens is 1. The number of fused-ring (bicyclic) bond motifs is 1. The number of rotatable bonds is 3. The van der Waals surface area contributed by atoms with Crippen molar-refractivity contribution in [3.8, 4) is 22.9 Å². The molecule has 7 nitrogen and oxygen atoms in total. The zero-order valence-corrected chi connectivity index (χ0v) is 18.1. The highest BCUT2D eigenvalue weighted by Gasteiger charge is 2.48. The predicted octanol–water partition coefficient (Wildman–Crippen LogP) is 4.83. The summed E-state index contributed by atoms with van der Waals surface area (Å²) in [6, 6.07) is 9.63. The fourth-order valence-corrected chi connectivity index (χ4v) is 4.50. The first-order valence-corrected chi connectivity index (χ1v) is 10.3. The Hall–Kier alpha value is -2.77. The summed E-state index contributed by atoms with van der Waals surface area (Å²) < 4.78 is 10.2. The summed E-state index contributed by atoms with van der Waals surface area (Å²) in [5.74, 6) is 1.34. The van der Waals surface area contributed by atoms with Gasteiger partial charge in [-0.15, -0.1) is 5.10 Å². The zero-order valence-electron chi connectivity index (χ0n) is 17.4. The van der Waals surface area contributed by atoms with E-state index >= 15 is 0 Å². The third kappa shape index (κ3) is 3.18. The minimum absolute atomic E-state index is 0.0164. The standard InChI is InChI=1S/C22H23ClN6O/c1-21(2)12-18(22(3,4)30-21)29-20(15-9-11-28-17(15)6-5-10-25-28)26-19(27-29)16-8-7-14(23)13-24-16/h5-11,13,18H,12H2,1-4H3. The van der Waals surface area contributed by atoms with Crippen LogP contribution < -0.4 is 0 Å². The summed E-state index contributed by atoms with van der Waals surface area (Å²) in [6.45, 7) is 8.45. The van der Waals surface area contributed by atoms with Gasteiger partial charge < -0.3 is 4.74 Å². The van der Waals surface area contributed by atoms with Crippen molar-refractivity contribution in [2.75, 3.05) is 0 Å². The maximum Gasteiger partial charge on any atom is 0.200 e. The molecule has 0 spiro atoms. The molecule has 0 aliphatic carbocycles. The van der Waals surface area contributed by atoms with Crippen LogP contribution in [-0.2, 0) is 4.74 Å². The van der Waals surface area contributed by atoms with Gasteiger partial charge in [0.15, 0.2) is 11.6 Å². The monoisotopic (exact) mass is 422 g/mol. The second kappa shape index (κ2) is 6.62. The summed E-state index contributed by atoms with van der Waals surface area (Å²) in [7, 11) is 0. The van der Waals surface area contributed by atoms with Crippen molar-refractivity contribution < 1.29 is 4.74 Å². The first kappa shape index (κ1) is 19.2. The van der Waals surface area contributed by atoms with Crippen molar-refractivity contribution >= 4 is 17.1 Å². The average Bonchev–Trinajstić information content (AvgIpc) is 3.35. The van der Waals surface area contributed by atoms with Gasteiger partial charge in [0.25, 0.3) is 0 Å².